The van der Waals surface area contributed by atoms with Crippen LogP contribution in [-0.2, 0) is 6.42 Å². The summed E-state index contributed by atoms with van der Waals surface area (Å²) in [6, 6.07) is 8.56. The van der Waals surface area contributed by atoms with Gasteiger partial charge in [0.15, 0.2) is 0 Å². The number of aryl methyl sites for hydroxylation is 3. The molecule has 100 valence electrons. The van der Waals surface area contributed by atoms with E-state index in [9.17, 15) is 0 Å². The van der Waals surface area contributed by atoms with Crippen molar-refractivity contribution < 1.29 is 0 Å². The van der Waals surface area contributed by atoms with E-state index in [2.05, 4.69) is 49.4 Å². The number of pyridine rings is 1. The monoisotopic (exact) mass is 255 g/mol. The average molecular weight is 255 g/mol. The molecule has 0 spiro atoms. The molecule has 19 heavy (non-hydrogen) atoms. The van der Waals surface area contributed by atoms with Gasteiger partial charge in [-0.05, 0) is 55.5 Å². The molecule has 2 aromatic rings. The summed E-state index contributed by atoms with van der Waals surface area (Å²) in [6.07, 6.45) is 4.52. The van der Waals surface area contributed by atoms with Crippen LogP contribution in [0, 0.1) is 20.8 Å². The van der Waals surface area contributed by atoms with Crippen molar-refractivity contribution >= 4 is 0 Å². The summed E-state index contributed by atoms with van der Waals surface area (Å²) in [5, 5.41) is 0. The Morgan fingerprint density at radius 3 is 2.42 bits per heavy atom. The molecule has 0 bridgehead atoms. The van der Waals surface area contributed by atoms with Crippen LogP contribution < -0.4 is 11.3 Å². The molecule has 0 aliphatic carbocycles. The predicted octanol–water partition coefficient (Wildman–Crippen LogP) is 2.75. The first-order chi connectivity index (χ1) is 9.11. The lowest BCUT2D eigenvalue weighted by Gasteiger charge is -2.21. The van der Waals surface area contributed by atoms with Gasteiger partial charge in [0.1, 0.15) is 0 Å². The van der Waals surface area contributed by atoms with Crippen LogP contribution in [0.3, 0.4) is 0 Å². The fourth-order valence-electron chi connectivity index (χ4n) is 2.74. The molecule has 0 radical (unpaired) electrons. The minimum absolute atomic E-state index is 0.116. The van der Waals surface area contributed by atoms with E-state index in [0.29, 0.717) is 0 Å². The Hall–Kier alpha value is -1.71. The van der Waals surface area contributed by atoms with Gasteiger partial charge >= 0.3 is 0 Å². The highest BCUT2D eigenvalue weighted by Crippen LogP contribution is 2.25. The normalized spacial score (nSPS) is 12.4. The van der Waals surface area contributed by atoms with Crippen LogP contribution in [0.5, 0.6) is 0 Å². The lowest BCUT2D eigenvalue weighted by Crippen LogP contribution is -2.30. The van der Waals surface area contributed by atoms with Crippen LogP contribution in [0.25, 0.3) is 0 Å². The summed E-state index contributed by atoms with van der Waals surface area (Å²) in [7, 11) is 0. The molecule has 3 nitrogen and oxygen atoms in total. The molecule has 2 rings (SSSR count). The number of hydrogen-bond acceptors (Lipinski definition) is 3. The largest absolute Gasteiger partial charge is 0.271 e. The standard InChI is InChI=1S/C16H21N3/c1-11-7-12(2)16(13(3)8-11)15(19-17)9-14-5-4-6-18-10-14/h4-8,10,15,19H,9,17H2,1-3H3. The summed E-state index contributed by atoms with van der Waals surface area (Å²) in [5.74, 6) is 5.76. The molecule has 0 saturated carbocycles. The van der Waals surface area contributed by atoms with Crippen molar-refractivity contribution in [1.29, 1.82) is 0 Å². The molecule has 0 aliphatic rings. The summed E-state index contributed by atoms with van der Waals surface area (Å²) < 4.78 is 0. The van der Waals surface area contributed by atoms with E-state index in [1.165, 1.54) is 27.8 Å². The van der Waals surface area contributed by atoms with Crippen molar-refractivity contribution in [3.8, 4) is 0 Å². The Morgan fingerprint density at radius 1 is 1.21 bits per heavy atom. The van der Waals surface area contributed by atoms with Gasteiger partial charge in [0, 0.05) is 12.4 Å². The SMILES string of the molecule is Cc1cc(C)c(C(Cc2cccnc2)NN)c(C)c1. The van der Waals surface area contributed by atoms with Crippen LogP contribution in [0.2, 0.25) is 0 Å². The zero-order valence-corrected chi connectivity index (χ0v) is 11.8. The fourth-order valence-corrected chi connectivity index (χ4v) is 2.74. The molecule has 3 N–H and O–H groups in total. The summed E-state index contributed by atoms with van der Waals surface area (Å²) in [4.78, 5) is 4.16. The maximum absolute atomic E-state index is 5.76. The molecule has 1 aromatic heterocycles. The van der Waals surface area contributed by atoms with Crippen LogP contribution in [-0.4, -0.2) is 4.98 Å². The zero-order valence-electron chi connectivity index (χ0n) is 11.8. The van der Waals surface area contributed by atoms with E-state index < -0.39 is 0 Å². The van der Waals surface area contributed by atoms with Gasteiger partial charge < -0.3 is 0 Å². The minimum atomic E-state index is 0.116. The minimum Gasteiger partial charge on any atom is -0.271 e. The first-order valence-electron chi connectivity index (χ1n) is 6.54. The van der Waals surface area contributed by atoms with Gasteiger partial charge in [0.25, 0.3) is 0 Å². The maximum Gasteiger partial charge on any atom is 0.0506 e. The highest BCUT2D eigenvalue weighted by atomic mass is 15.2. The van der Waals surface area contributed by atoms with Gasteiger partial charge in [-0.15, -0.1) is 0 Å². The summed E-state index contributed by atoms with van der Waals surface area (Å²) in [6.45, 7) is 6.40. The van der Waals surface area contributed by atoms with Crippen molar-refractivity contribution in [2.75, 3.05) is 0 Å². The Balaban J connectivity index is 2.32. The molecule has 1 aromatic carbocycles. The first kappa shape index (κ1) is 13.7. The zero-order chi connectivity index (χ0) is 13.8. The molecule has 1 atom stereocenters. The van der Waals surface area contributed by atoms with Crippen molar-refractivity contribution in [3.63, 3.8) is 0 Å². The van der Waals surface area contributed by atoms with Gasteiger partial charge in [-0.2, -0.15) is 0 Å². The smallest absolute Gasteiger partial charge is 0.0506 e. The fraction of sp³-hybridized carbons (Fsp3) is 0.312. The molecule has 1 unspecified atom stereocenters. The van der Waals surface area contributed by atoms with Gasteiger partial charge in [-0.25, -0.2) is 0 Å². The van der Waals surface area contributed by atoms with E-state index in [0.717, 1.165) is 6.42 Å². The Bertz CT molecular complexity index is 526. The van der Waals surface area contributed by atoms with Crippen LogP contribution in [0.15, 0.2) is 36.7 Å². The third-order valence-electron chi connectivity index (χ3n) is 3.45. The van der Waals surface area contributed by atoms with Crippen molar-refractivity contribution in [2.24, 2.45) is 5.84 Å². The molecule has 1 heterocycles. The highest BCUT2D eigenvalue weighted by molar-refractivity contribution is 5.40. The lowest BCUT2D eigenvalue weighted by molar-refractivity contribution is 0.546. The third kappa shape index (κ3) is 3.19. The topological polar surface area (TPSA) is 50.9 Å². The molecule has 3 heteroatoms. The van der Waals surface area contributed by atoms with Crippen LogP contribution in [0.4, 0.5) is 0 Å². The van der Waals surface area contributed by atoms with E-state index >= 15 is 0 Å². The van der Waals surface area contributed by atoms with E-state index in [1.807, 2.05) is 12.3 Å². The predicted molar refractivity (Wildman–Crippen MR) is 78.7 cm³/mol. The van der Waals surface area contributed by atoms with Gasteiger partial charge in [0.2, 0.25) is 0 Å². The van der Waals surface area contributed by atoms with Gasteiger partial charge in [-0.1, -0.05) is 23.8 Å². The number of hydrazine groups is 1. The van der Waals surface area contributed by atoms with Crippen molar-refractivity contribution in [2.45, 2.75) is 33.2 Å². The Kier molecular flexibility index (Phi) is 4.30. The van der Waals surface area contributed by atoms with Crippen molar-refractivity contribution in [3.05, 3.63) is 64.5 Å². The molecular weight excluding hydrogens is 234 g/mol. The lowest BCUT2D eigenvalue weighted by atomic mass is 9.91. The first-order valence-corrected chi connectivity index (χ1v) is 6.54. The third-order valence-corrected chi connectivity index (χ3v) is 3.45. The number of rotatable bonds is 4. The highest BCUT2D eigenvalue weighted by Gasteiger charge is 2.15. The summed E-state index contributed by atoms with van der Waals surface area (Å²) in [5.41, 5.74) is 9.27. The molecule has 0 saturated heterocycles. The van der Waals surface area contributed by atoms with Crippen LogP contribution >= 0.6 is 0 Å². The Morgan fingerprint density at radius 2 is 1.89 bits per heavy atom. The molecule has 0 amide bonds. The number of nitrogens with two attached hydrogens (primary N) is 1. The number of nitrogens with zero attached hydrogens (tertiary/aromatic N) is 1. The number of hydrogen-bond donors (Lipinski definition) is 2. The molecule has 0 fully saturated rings. The van der Waals surface area contributed by atoms with E-state index in [1.54, 1.807) is 6.20 Å². The second-order valence-corrected chi connectivity index (χ2v) is 5.10. The van der Waals surface area contributed by atoms with E-state index in [4.69, 9.17) is 5.84 Å². The van der Waals surface area contributed by atoms with Gasteiger partial charge in [0.05, 0.1) is 6.04 Å². The average Bonchev–Trinajstić information content (AvgIpc) is 2.37. The maximum atomic E-state index is 5.76. The number of aromatic nitrogens is 1. The van der Waals surface area contributed by atoms with Crippen molar-refractivity contribution in [1.82, 2.24) is 10.4 Å². The number of benzene rings is 1. The Labute approximate surface area is 114 Å². The van der Waals surface area contributed by atoms with E-state index in [-0.39, 0.29) is 6.04 Å². The second kappa shape index (κ2) is 5.95. The molecule has 0 aliphatic heterocycles. The van der Waals surface area contributed by atoms with Crippen LogP contribution in [0.1, 0.15) is 33.9 Å². The molecular formula is C16H21N3. The quantitative estimate of drug-likeness (QED) is 0.652. The van der Waals surface area contributed by atoms with Gasteiger partial charge in [-0.3, -0.25) is 16.3 Å². The second-order valence-electron chi connectivity index (χ2n) is 5.10. The summed E-state index contributed by atoms with van der Waals surface area (Å²) >= 11 is 0. The number of nitrogens with one attached hydrogen (secondary N) is 1.